The lowest BCUT2D eigenvalue weighted by molar-refractivity contribution is 0.0195. The van der Waals surface area contributed by atoms with E-state index in [0.29, 0.717) is 10.3 Å². The molecular formula is C92H112N7P3. The third-order valence-corrected chi connectivity index (χ3v) is 34.6. The smallest absolute Gasteiger partial charge is 0.120 e. The maximum atomic E-state index is 5.27. The highest BCUT2D eigenvalue weighted by Crippen LogP contribution is 2.79. The first-order valence-electron chi connectivity index (χ1n) is 38.9. The highest BCUT2D eigenvalue weighted by atomic mass is 31.1. The molecule has 0 radical (unpaired) electrons. The molecule has 10 heteroatoms. The Kier molecular flexibility index (Phi) is 19.9. The second-order valence-electron chi connectivity index (χ2n) is 35.7. The van der Waals surface area contributed by atoms with Crippen LogP contribution in [0.4, 0.5) is 5.69 Å². The number of rotatable bonds is 13. The quantitative estimate of drug-likeness (QED) is 0.108. The Labute approximate surface area is 615 Å². The van der Waals surface area contributed by atoms with Crippen molar-refractivity contribution < 1.29 is 0 Å². The molecule has 8 saturated carbocycles. The SMILES string of the molecule is CC(C)(C)P(c1ccccc1-n1nc(-c2ccccc2)cc1-c1ccccc1)C(C)(C)C.CC(C)(C)P(c1ccnn1-c1c(-c2ccccc2)nn(-c2ccccc2)c1-c1ccccc1)C(C)(C)C.c1ccc(P(C23CC4CC(CC(C4)C2)C3)C23CC4CC(CC(C4)C2)C3)c(N2CCCCC2)c1. The molecule has 0 N–H and O–H groups in total. The Bertz CT molecular complexity index is 4320. The van der Waals surface area contributed by atoms with Crippen LogP contribution in [0, 0.1) is 35.5 Å². The monoisotopic (exact) mass is 1410 g/mol. The molecule has 8 bridgehead atoms. The summed E-state index contributed by atoms with van der Waals surface area (Å²) >= 11 is 0. The number of piperidine rings is 1. The highest BCUT2D eigenvalue weighted by molar-refractivity contribution is 7.69. The van der Waals surface area contributed by atoms with Crippen molar-refractivity contribution in [1.29, 1.82) is 0 Å². The third kappa shape index (κ3) is 14.3. The van der Waals surface area contributed by atoms with E-state index in [1.807, 2.05) is 29.7 Å². The van der Waals surface area contributed by atoms with Gasteiger partial charge in [0.1, 0.15) is 17.1 Å². The lowest BCUT2D eigenvalue weighted by atomic mass is 9.55. The van der Waals surface area contributed by atoms with Crippen molar-refractivity contribution in [1.82, 2.24) is 29.3 Å². The molecule has 8 aliphatic carbocycles. The van der Waals surface area contributed by atoms with Gasteiger partial charge in [-0.25, -0.2) is 14.0 Å². The fraction of sp³-hybridized carbons (Fsp3) is 0.446. The molecule has 19 rings (SSSR count). The van der Waals surface area contributed by atoms with Gasteiger partial charge in [0.15, 0.2) is 0 Å². The third-order valence-electron chi connectivity index (χ3n) is 23.7. The molecule has 102 heavy (non-hydrogen) atoms. The van der Waals surface area contributed by atoms with Gasteiger partial charge in [0.25, 0.3) is 0 Å². The zero-order chi connectivity index (χ0) is 70.8. The van der Waals surface area contributed by atoms with Crippen LogP contribution in [0.25, 0.3) is 62.1 Å². The van der Waals surface area contributed by atoms with Crippen molar-refractivity contribution >= 4 is 45.5 Å². The predicted octanol–water partition coefficient (Wildman–Crippen LogP) is 23.7. The van der Waals surface area contributed by atoms with Crippen LogP contribution in [0.1, 0.15) is 179 Å². The van der Waals surface area contributed by atoms with Gasteiger partial charge < -0.3 is 4.90 Å². The van der Waals surface area contributed by atoms with Crippen molar-refractivity contribution in [2.24, 2.45) is 35.5 Å². The molecular weight excluding hydrogens is 1300 g/mol. The number of nitrogens with zero attached hydrogens (tertiary/aromatic N) is 7. The predicted molar refractivity (Wildman–Crippen MR) is 439 cm³/mol. The summed E-state index contributed by atoms with van der Waals surface area (Å²) in [6.45, 7) is 31.0. The maximum absolute atomic E-state index is 5.27. The first-order chi connectivity index (χ1) is 49.0. The normalized spacial score (nSPS) is 24.0. The second-order valence-corrected chi connectivity index (χ2v) is 46.4. The van der Waals surface area contributed by atoms with E-state index in [-0.39, 0.29) is 28.5 Å². The van der Waals surface area contributed by atoms with Gasteiger partial charge in [-0.05, 0) is 207 Å². The van der Waals surface area contributed by atoms with E-state index in [2.05, 4.69) is 296 Å². The van der Waals surface area contributed by atoms with Crippen LogP contribution in [-0.2, 0) is 0 Å². The fourth-order valence-corrected chi connectivity index (χ4v) is 35.2. The molecule has 1 aliphatic heterocycles. The summed E-state index contributed by atoms with van der Waals surface area (Å²) < 4.78 is 6.42. The Morgan fingerprint density at radius 2 is 0.784 bits per heavy atom. The largest absolute Gasteiger partial charge is 0.371 e. The molecule has 10 aromatic rings. The van der Waals surface area contributed by atoms with Gasteiger partial charge in [-0.3, -0.25) is 0 Å². The minimum Gasteiger partial charge on any atom is -0.371 e. The molecule has 3 aromatic heterocycles. The van der Waals surface area contributed by atoms with Gasteiger partial charge in [0.2, 0.25) is 0 Å². The molecule has 7 aromatic carbocycles. The van der Waals surface area contributed by atoms with Gasteiger partial charge >= 0.3 is 0 Å². The number of para-hydroxylation sites is 3. The van der Waals surface area contributed by atoms with Gasteiger partial charge in [-0.1, -0.05) is 275 Å². The number of hydrogen-bond acceptors (Lipinski definition) is 4. The minimum absolute atomic E-state index is 0.0912. The first-order valence-corrected chi connectivity index (χ1v) is 42.9. The molecule has 0 amide bonds. The Morgan fingerprint density at radius 1 is 0.373 bits per heavy atom. The molecule has 530 valence electrons. The molecule has 4 heterocycles. The lowest BCUT2D eigenvalue weighted by Crippen LogP contribution is -2.58. The van der Waals surface area contributed by atoms with Crippen LogP contribution in [0.5, 0.6) is 0 Å². The van der Waals surface area contributed by atoms with Crippen LogP contribution in [0.3, 0.4) is 0 Å². The van der Waals surface area contributed by atoms with E-state index in [1.165, 1.54) is 54.3 Å². The van der Waals surface area contributed by atoms with E-state index in [9.17, 15) is 0 Å². The molecule has 1 saturated heterocycles. The lowest BCUT2D eigenvalue weighted by Gasteiger charge is -2.67. The number of hydrogen-bond donors (Lipinski definition) is 0. The summed E-state index contributed by atoms with van der Waals surface area (Å²) in [6, 6.07) is 75.8. The Hall–Kier alpha value is -6.74. The zero-order valence-corrected chi connectivity index (χ0v) is 65.9. The number of anilines is 1. The zero-order valence-electron chi connectivity index (χ0n) is 63.2. The summed E-state index contributed by atoms with van der Waals surface area (Å²) in [5.41, 5.74) is 14.7. The van der Waals surface area contributed by atoms with Crippen molar-refractivity contribution in [3.05, 3.63) is 219 Å². The fourth-order valence-electron chi connectivity index (χ4n) is 21.8. The topological polar surface area (TPSA) is 56.7 Å². The Morgan fingerprint density at radius 3 is 1.26 bits per heavy atom. The second kappa shape index (κ2) is 28.6. The molecule has 0 atom stereocenters. The van der Waals surface area contributed by atoms with Gasteiger partial charge in [-0.2, -0.15) is 15.3 Å². The standard InChI is InChI=1S/C32H35N4P.C31H44NP.C29H33N2P/c1-31(2,3)37(32(4,5)6)27-22-23-33-36(27)30-28(24-16-10-7-11-17-24)34-35(26-20-14-9-15-21-26)29(30)25-18-12-8-13-19-25;1-4-8-32(9-5-1)28-6-2-3-7-29(28)33(30-16-22-10-23(17-30)12-24(11-22)18-30)31-19-25-13-26(20-31)15-27(14-25)21-31;1-28(2,3)32(29(4,5)6)27-20-14-13-19-25(27)31-26(23-17-11-8-12-18-23)21-24(30-31)22-15-9-7-10-16-22/h7-23H,1-6H3;2-3,6-7,22-27H,1,4-5,8-21H2;7-21H,1-6H3. The van der Waals surface area contributed by atoms with Gasteiger partial charge in [-0.15, -0.1) is 0 Å². The van der Waals surface area contributed by atoms with Crippen molar-refractivity contribution in [3.63, 3.8) is 0 Å². The van der Waals surface area contributed by atoms with E-state index in [1.54, 1.807) is 82.7 Å². The average Bonchev–Trinajstić information content (AvgIpc) is 0.924. The van der Waals surface area contributed by atoms with Crippen LogP contribution in [-0.4, -0.2) is 73.4 Å². The number of benzene rings is 7. The highest BCUT2D eigenvalue weighted by Gasteiger charge is 2.63. The van der Waals surface area contributed by atoms with E-state index in [0.717, 1.165) is 86.3 Å². The molecule has 0 unspecified atom stereocenters. The van der Waals surface area contributed by atoms with Crippen LogP contribution in [0.15, 0.2) is 219 Å². The average molecular weight is 1410 g/mol. The molecule has 7 nitrogen and oxygen atoms in total. The summed E-state index contributed by atoms with van der Waals surface area (Å²) in [6.07, 6.45) is 25.4. The summed E-state index contributed by atoms with van der Waals surface area (Å²) in [5.74, 6) is 6.49. The van der Waals surface area contributed by atoms with Gasteiger partial charge in [0, 0.05) is 51.6 Å². The number of aromatic nitrogens is 6. The maximum Gasteiger partial charge on any atom is 0.120 e. The summed E-state index contributed by atoms with van der Waals surface area (Å²) in [7, 11) is -1.15. The van der Waals surface area contributed by atoms with Crippen molar-refractivity contribution in [2.75, 3.05) is 18.0 Å². The van der Waals surface area contributed by atoms with Crippen LogP contribution >= 0.6 is 23.8 Å². The minimum atomic E-state index is -0.589. The van der Waals surface area contributed by atoms with Crippen LogP contribution < -0.4 is 20.9 Å². The summed E-state index contributed by atoms with van der Waals surface area (Å²) in [4.78, 5) is 2.84. The Balaban J connectivity index is 0.000000124. The van der Waals surface area contributed by atoms with Crippen molar-refractivity contribution in [2.45, 2.75) is 210 Å². The molecule has 9 aliphatic rings. The van der Waals surface area contributed by atoms with Gasteiger partial charge in [0.05, 0.1) is 34.4 Å². The molecule has 0 spiro atoms. The molecule has 9 fully saturated rings. The van der Waals surface area contributed by atoms with E-state index >= 15 is 0 Å². The van der Waals surface area contributed by atoms with Crippen molar-refractivity contribution in [3.8, 4) is 62.1 Å². The van der Waals surface area contributed by atoms with E-state index in [4.69, 9.17) is 15.3 Å². The van der Waals surface area contributed by atoms with Crippen LogP contribution in [0.2, 0.25) is 0 Å². The summed E-state index contributed by atoms with van der Waals surface area (Å²) in [5, 5.41) is 20.7. The van der Waals surface area contributed by atoms with E-state index < -0.39 is 15.8 Å². The first kappa shape index (κ1) is 70.9.